The Labute approximate surface area is 196 Å². The summed E-state index contributed by atoms with van der Waals surface area (Å²) in [6, 6.07) is 9.83. The Morgan fingerprint density at radius 2 is 1.91 bits per heavy atom. The average molecular weight is 478 g/mol. The van der Waals surface area contributed by atoms with Gasteiger partial charge in [0.05, 0.1) is 24.2 Å². The fourth-order valence-electron chi connectivity index (χ4n) is 4.52. The van der Waals surface area contributed by atoms with E-state index >= 15 is 0 Å². The van der Waals surface area contributed by atoms with E-state index in [-0.39, 0.29) is 48.4 Å². The summed E-state index contributed by atoms with van der Waals surface area (Å²) in [7, 11) is -1.09. The van der Waals surface area contributed by atoms with Crippen LogP contribution in [0.5, 0.6) is 0 Å². The van der Waals surface area contributed by atoms with E-state index in [1.54, 1.807) is 9.80 Å². The quantitative estimate of drug-likeness (QED) is 0.531. The van der Waals surface area contributed by atoms with E-state index in [1.165, 1.54) is 12.8 Å². The zero-order valence-electron chi connectivity index (χ0n) is 19.4. The molecule has 2 heterocycles. The van der Waals surface area contributed by atoms with Crippen molar-refractivity contribution in [1.82, 2.24) is 14.7 Å². The topological polar surface area (TPSA) is 87.2 Å². The standard InChI is InChI=1S/C24H35N3O5S/c1-25(21-10-12-33(30,31)18-21)11-9-23(28)27-15-22(32-17-20-7-8-20)14-26(24(29)16-27)13-19-5-3-2-4-6-19/h2-6,20-22H,7-18H2,1H3/t21-,22+/m1/s1. The molecule has 0 N–H and O–H groups in total. The Kier molecular flexibility index (Phi) is 7.71. The van der Waals surface area contributed by atoms with Crippen molar-refractivity contribution >= 4 is 21.7 Å². The summed E-state index contributed by atoms with van der Waals surface area (Å²) in [5.74, 6) is 0.823. The van der Waals surface area contributed by atoms with Gasteiger partial charge in [0.2, 0.25) is 11.8 Å². The van der Waals surface area contributed by atoms with Gasteiger partial charge in [0.25, 0.3) is 0 Å². The fourth-order valence-corrected chi connectivity index (χ4v) is 6.33. The Balaban J connectivity index is 1.36. The molecule has 2 amide bonds. The van der Waals surface area contributed by atoms with Crippen molar-refractivity contribution < 1.29 is 22.7 Å². The summed E-state index contributed by atoms with van der Waals surface area (Å²) >= 11 is 0. The van der Waals surface area contributed by atoms with Crippen molar-refractivity contribution in [2.45, 2.75) is 44.4 Å². The highest BCUT2D eigenvalue weighted by atomic mass is 32.2. The normalized spacial score (nSPS) is 25.5. The molecular weight excluding hydrogens is 442 g/mol. The molecule has 4 rings (SSSR count). The Morgan fingerprint density at radius 1 is 1.15 bits per heavy atom. The maximum Gasteiger partial charge on any atom is 0.242 e. The van der Waals surface area contributed by atoms with Gasteiger partial charge in [-0.2, -0.15) is 0 Å². The van der Waals surface area contributed by atoms with Crippen molar-refractivity contribution in [1.29, 1.82) is 0 Å². The Hall–Kier alpha value is -1.97. The van der Waals surface area contributed by atoms with Crippen molar-refractivity contribution in [2.24, 2.45) is 5.92 Å². The lowest BCUT2D eigenvalue weighted by Crippen LogP contribution is -2.42. The second-order valence-corrected chi connectivity index (χ2v) is 11.9. The highest BCUT2D eigenvalue weighted by Gasteiger charge is 2.34. The first-order chi connectivity index (χ1) is 15.8. The van der Waals surface area contributed by atoms with E-state index in [9.17, 15) is 18.0 Å². The molecule has 3 aliphatic rings. The summed E-state index contributed by atoms with van der Waals surface area (Å²) in [5, 5.41) is 0. The molecule has 0 spiro atoms. The first-order valence-corrected chi connectivity index (χ1v) is 13.7. The molecule has 1 aromatic carbocycles. The summed E-state index contributed by atoms with van der Waals surface area (Å²) in [6.45, 7) is 2.60. The van der Waals surface area contributed by atoms with Gasteiger partial charge < -0.3 is 19.4 Å². The number of carbonyl (C=O) groups is 2. The van der Waals surface area contributed by atoms with Gasteiger partial charge in [0.1, 0.15) is 0 Å². The number of hydrogen-bond acceptors (Lipinski definition) is 6. The van der Waals surface area contributed by atoms with Crippen LogP contribution >= 0.6 is 0 Å². The molecule has 0 radical (unpaired) electrons. The summed E-state index contributed by atoms with van der Waals surface area (Å²) < 4.78 is 29.7. The van der Waals surface area contributed by atoms with Crippen molar-refractivity contribution in [3.05, 3.63) is 35.9 Å². The van der Waals surface area contributed by atoms with Gasteiger partial charge in [0.15, 0.2) is 9.84 Å². The first kappa shape index (κ1) is 24.2. The summed E-state index contributed by atoms with van der Waals surface area (Å²) in [6.07, 6.45) is 3.04. The van der Waals surface area contributed by atoms with Crippen LogP contribution in [-0.4, -0.2) is 98.4 Å². The summed E-state index contributed by atoms with van der Waals surface area (Å²) in [5.41, 5.74) is 1.06. The van der Waals surface area contributed by atoms with E-state index in [4.69, 9.17) is 4.74 Å². The van der Waals surface area contributed by atoms with Crippen LogP contribution in [0.4, 0.5) is 0 Å². The third kappa shape index (κ3) is 7.01. The monoisotopic (exact) mass is 477 g/mol. The Morgan fingerprint density at radius 3 is 2.58 bits per heavy atom. The molecule has 8 nitrogen and oxygen atoms in total. The largest absolute Gasteiger partial charge is 0.374 e. The van der Waals surface area contributed by atoms with E-state index in [0.29, 0.717) is 45.1 Å². The van der Waals surface area contributed by atoms with Gasteiger partial charge >= 0.3 is 0 Å². The third-order valence-corrected chi connectivity index (χ3v) is 8.62. The highest BCUT2D eigenvalue weighted by Crippen LogP contribution is 2.29. The minimum absolute atomic E-state index is 0.0375. The highest BCUT2D eigenvalue weighted by molar-refractivity contribution is 7.91. The van der Waals surface area contributed by atoms with Crippen LogP contribution in [0.2, 0.25) is 0 Å². The Bertz CT molecular complexity index is 935. The first-order valence-electron chi connectivity index (χ1n) is 11.9. The lowest BCUT2D eigenvalue weighted by Gasteiger charge is -2.26. The molecule has 9 heteroatoms. The lowest BCUT2D eigenvalue weighted by atomic mass is 10.2. The van der Waals surface area contributed by atoms with Crippen LogP contribution in [0, 0.1) is 5.92 Å². The van der Waals surface area contributed by atoms with E-state index < -0.39 is 9.84 Å². The number of sulfone groups is 1. The van der Waals surface area contributed by atoms with Gasteiger partial charge in [-0.25, -0.2) is 8.42 Å². The van der Waals surface area contributed by atoms with Gasteiger partial charge in [-0.3, -0.25) is 9.59 Å². The molecule has 2 saturated heterocycles. The van der Waals surface area contributed by atoms with Crippen LogP contribution in [0.1, 0.15) is 31.2 Å². The molecule has 0 unspecified atom stereocenters. The molecule has 1 aliphatic carbocycles. The molecule has 182 valence electrons. The predicted molar refractivity (Wildman–Crippen MR) is 125 cm³/mol. The van der Waals surface area contributed by atoms with E-state index in [0.717, 1.165) is 5.56 Å². The van der Waals surface area contributed by atoms with Crippen LogP contribution in [-0.2, 0) is 30.7 Å². The third-order valence-electron chi connectivity index (χ3n) is 6.87. The SMILES string of the molecule is CN(CCC(=O)N1CC(=O)N(Cc2ccccc2)C[C@H](OCC2CC2)C1)[C@@H]1CCS(=O)(=O)C1. The van der Waals surface area contributed by atoms with Crippen LogP contribution in [0.25, 0.3) is 0 Å². The fraction of sp³-hybridized carbons (Fsp3) is 0.667. The number of benzene rings is 1. The zero-order chi connectivity index (χ0) is 23.4. The molecule has 2 atom stereocenters. The number of rotatable bonds is 9. The molecule has 3 fully saturated rings. The number of nitrogens with zero attached hydrogens (tertiary/aromatic N) is 3. The van der Waals surface area contributed by atoms with Crippen LogP contribution < -0.4 is 0 Å². The lowest BCUT2D eigenvalue weighted by molar-refractivity contribution is -0.139. The molecular formula is C24H35N3O5S. The van der Waals surface area contributed by atoms with Gasteiger partial charge in [-0.05, 0) is 37.8 Å². The maximum atomic E-state index is 13.1. The van der Waals surface area contributed by atoms with Crippen LogP contribution in [0.15, 0.2) is 30.3 Å². The molecule has 2 aliphatic heterocycles. The maximum absolute atomic E-state index is 13.1. The second-order valence-electron chi connectivity index (χ2n) is 9.72. The van der Waals surface area contributed by atoms with E-state index in [2.05, 4.69) is 0 Å². The van der Waals surface area contributed by atoms with Crippen molar-refractivity contribution in [2.75, 3.05) is 51.3 Å². The van der Waals surface area contributed by atoms with Crippen molar-refractivity contribution in [3.63, 3.8) is 0 Å². The predicted octanol–water partition coefficient (Wildman–Crippen LogP) is 1.16. The molecule has 1 saturated carbocycles. The second kappa shape index (κ2) is 10.5. The zero-order valence-corrected chi connectivity index (χ0v) is 20.2. The number of ether oxygens (including phenoxy) is 1. The minimum Gasteiger partial charge on any atom is -0.374 e. The minimum atomic E-state index is -2.96. The van der Waals surface area contributed by atoms with Gasteiger partial charge in [-0.1, -0.05) is 30.3 Å². The molecule has 33 heavy (non-hydrogen) atoms. The summed E-state index contributed by atoms with van der Waals surface area (Å²) in [4.78, 5) is 31.5. The van der Waals surface area contributed by atoms with Crippen LogP contribution in [0.3, 0.4) is 0 Å². The number of carbonyl (C=O) groups excluding carboxylic acids is 2. The number of hydrogen-bond donors (Lipinski definition) is 0. The molecule has 1 aromatic rings. The average Bonchev–Trinajstić information content (AvgIpc) is 3.57. The molecule has 0 aromatic heterocycles. The van der Waals surface area contributed by atoms with Gasteiger partial charge in [-0.15, -0.1) is 0 Å². The smallest absolute Gasteiger partial charge is 0.242 e. The number of amides is 2. The van der Waals surface area contributed by atoms with Gasteiger partial charge in [0, 0.05) is 45.2 Å². The van der Waals surface area contributed by atoms with Crippen molar-refractivity contribution in [3.8, 4) is 0 Å². The molecule has 0 bridgehead atoms. The van der Waals surface area contributed by atoms with E-state index in [1.807, 2.05) is 42.3 Å².